The molecule has 0 saturated carbocycles. The molecule has 0 radical (unpaired) electrons. The van der Waals surface area contributed by atoms with Crippen molar-refractivity contribution in [3.8, 4) is 0 Å². The van der Waals surface area contributed by atoms with Gasteiger partial charge < -0.3 is 14.4 Å². The van der Waals surface area contributed by atoms with E-state index >= 15 is 0 Å². The van der Waals surface area contributed by atoms with Crippen molar-refractivity contribution >= 4 is 11.9 Å². The molecule has 0 bridgehead atoms. The van der Waals surface area contributed by atoms with Crippen LogP contribution in [0, 0.1) is 5.41 Å². The molecular weight excluding hydrogens is 258 g/mol. The molecule has 1 aromatic rings. The third kappa shape index (κ3) is 3.15. The average molecular weight is 277 g/mol. The van der Waals surface area contributed by atoms with Gasteiger partial charge in [0.15, 0.2) is 6.29 Å². The molecule has 1 aromatic carbocycles. The molecular formula is C14H19N3O3. The molecule has 20 heavy (non-hydrogen) atoms. The lowest BCUT2D eigenvalue weighted by Gasteiger charge is -2.25. The molecule has 0 spiro atoms. The Morgan fingerprint density at radius 3 is 2.55 bits per heavy atom. The van der Waals surface area contributed by atoms with E-state index in [-0.39, 0.29) is 17.9 Å². The smallest absolute Gasteiger partial charge is 0.323 e. The number of hydrogen-bond acceptors (Lipinski definition) is 4. The van der Waals surface area contributed by atoms with Gasteiger partial charge in [0.2, 0.25) is 0 Å². The fraction of sp³-hybridized carbons (Fsp3) is 0.429. The van der Waals surface area contributed by atoms with Crippen LogP contribution in [0.2, 0.25) is 0 Å². The minimum absolute atomic E-state index is 0.185. The molecule has 0 aromatic heterocycles. The van der Waals surface area contributed by atoms with Crippen LogP contribution in [0.4, 0.5) is 4.79 Å². The molecule has 2 amide bonds. The fourth-order valence-corrected chi connectivity index (χ4v) is 2.25. The summed E-state index contributed by atoms with van der Waals surface area (Å²) < 4.78 is 10.3. The Morgan fingerprint density at radius 1 is 1.30 bits per heavy atom. The summed E-state index contributed by atoms with van der Waals surface area (Å²) in [6.45, 7) is 0.458. The van der Waals surface area contributed by atoms with Crippen molar-refractivity contribution in [3.63, 3.8) is 0 Å². The van der Waals surface area contributed by atoms with Crippen LogP contribution in [0.3, 0.4) is 0 Å². The van der Waals surface area contributed by atoms with Gasteiger partial charge >= 0.3 is 6.03 Å². The number of benzene rings is 1. The van der Waals surface area contributed by atoms with Crippen LogP contribution in [0.1, 0.15) is 12.0 Å². The van der Waals surface area contributed by atoms with E-state index in [0.29, 0.717) is 13.0 Å². The van der Waals surface area contributed by atoms with Crippen LogP contribution in [0.15, 0.2) is 30.3 Å². The number of carbonyl (C=O) groups is 1. The molecule has 6 heteroatoms. The Labute approximate surface area is 118 Å². The molecule has 1 aliphatic heterocycles. The first-order valence-corrected chi connectivity index (χ1v) is 6.41. The first-order chi connectivity index (χ1) is 9.65. The van der Waals surface area contributed by atoms with Gasteiger partial charge in [-0.05, 0) is 5.56 Å². The molecule has 0 aliphatic carbocycles. The standard InChI is InChI=1S/C14H19N3O3/c1-19-12(20-2)8-11-13(15)16-14(18)17(11)9-10-6-4-3-5-7-10/h3-7,11-12H,8-9H2,1-2H3,(H2,15,16,18). The minimum Gasteiger partial charge on any atom is -0.356 e. The van der Waals surface area contributed by atoms with Gasteiger partial charge in [0.1, 0.15) is 5.84 Å². The summed E-state index contributed by atoms with van der Waals surface area (Å²) in [5, 5.41) is 10.4. The van der Waals surface area contributed by atoms with E-state index in [2.05, 4.69) is 5.32 Å². The molecule has 1 atom stereocenters. The van der Waals surface area contributed by atoms with E-state index in [1.54, 1.807) is 19.1 Å². The number of rotatable bonds is 6. The van der Waals surface area contributed by atoms with Gasteiger partial charge in [0.05, 0.1) is 6.04 Å². The number of nitrogens with one attached hydrogen (secondary N) is 2. The largest absolute Gasteiger partial charge is 0.356 e. The molecule has 1 heterocycles. The zero-order valence-electron chi connectivity index (χ0n) is 11.6. The summed E-state index contributed by atoms with van der Waals surface area (Å²) in [5.74, 6) is 0.185. The summed E-state index contributed by atoms with van der Waals surface area (Å²) >= 11 is 0. The van der Waals surface area contributed by atoms with E-state index in [1.165, 1.54) is 0 Å². The molecule has 6 nitrogen and oxygen atoms in total. The highest BCUT2D eigenvalue weighted by atomic mass is 16.7. The predicted octanol–water partition coefficient (Wildman–Crippen LogP) is 1.57. The number of hydrogen-bond donors (Lipinski definition) is 2. The normalized spacial score (nSPS) is 18.8. The number of amidine groups is 1. The SMILES string of the molecule is COC(CC1C(=N)NC(=O)N1Cc1ccccc1)OC. The van der Waals surface area contributed by atoms with Crippen LogP contribution in [0.5, 0.6) is 0 Å². The van der Waals surface area contributed by atoms with E-state index in [9.17, 15) is 4.79 Å². The van der Waals surface area contributed by atoms with Gasteiger partial charge in [-0.1, -0.05) is 30.3 Å². The zero-order chi connectivity index (χ0) is 14.5. The Balaban J connectivity index is 2.11. The van der Waals surface area contributed by atoms with Gasteiger partial charge in [-0.15, -0.1) is 0 Å². The fourth-order valence-electron chi connectivity index (χ4n) is 2.25. The van der Waals surface area contributed by atoms with Gasteiger partial charge in [-0.25, -0.2) is 4.79 Å². The lowest BCUT2D eigenvalue weighted by molar-refractivity contribution is -0.110. The second-order valence-corrected chi connectivity index (χ2v) is 4.61. The monoisotopic (exact) mass is 277 g/mol. The average Bonchev–Trinajstić information content (AvgIpc) is 2.72. The highest BCUT2D eigenvalue weighted by Crippen LogP contribution is 2.19. The summed E-state index contributed by atoms with van der Waals surface area (Å²) in [6.07, 6.45) is -0.0106. The van der Waals surface area contributed by atoms with E-state index < -0.39 is 6.29 Å². The van der Waals surface area contributed by atoms with Crippen LogP contribution in [-0.2, 0) is 16.0 Å². The Kier molecular flexibility index (Phi) is 4.70. The lowest BCUT2D eigenvalue weighted by Crippen LogP contribution is -2.37. The van der Waals surface area contributed by atoms with Crippen LogP contribution in [-0.4, -0.2) is 43.3 Å². The second-order valence-electron chi connectivity index (χ2n) is 4.61. The first-order valence-electron chi connectivity index (χ1n) is 6.41. The molecule has 2 rings (SSSR count). The molecule has 1 unspecified atom stereocenters. The van der Waals surface area contributed by atoms with Crippen molar-refractivity contribution in [3.05, 3.63) is 35.9 Å². The van der Waals surface area contributed by atoms with Crippen LogP contribution in [0.25, 0.3) is 0 Å². The Hall–Kier alpha value is -1.92. The van der Waals surface area contributed by atoms with Crippen molar-refractivity contribution in [2.45, 2.75) is 25.3 Å². The van der Waals surface area contributed by atoms with Gasteiger partial charge in [0, 0.05) is 27.2 Å². The lowest BCUT2D eigenvalue weighted by atomic mass is 10.1. The van der Waals surface area contributed by atoms with E-state index in [4.69, 9.17) is 14.9 Å². The number of amides is 2. The van der Waals surface area contributed by atoms with Crippen LogP contribution < -0.4 is 5.32 Å². The number of methoxy groups -OCH3 is 2. The third-order valence-corrected chi connectivity index (χ3v) is 3.35. The summed E-state index contributed by atoms with van der Waals surface area (Å²) in [6, 6.07) is 9.08. The molecule has 2 N–H and O–H groups in total. The Morgan fingerprint density at radius 2 is 1.95 bits per heavy atom. The highest BCUT2D eigenvalue weighted by molar-refractivity contribution is 6.05. The molecule has 108 valence electrons. The van der Waals surface area contributed by atoms with Crippen molar-refractivity contribution in [1.82, 2.24) is 10.2 Å². The van der Waals surface area contributed by atoms with Crippen molar-refractivity contribution in [2.75, 3.05) is 14.2 Å². The number of carbonyl (C=O) groups excluding carboxylic acids is 1. The summed E-state index contributed by atoms with van der Waals surface area (Å²) in [5.41, 5.74) is 1.02. The van der Waals surface area contributed by atoms with Gasteiger partial charge in [-0.3, -0.25) is 10.7 Å². The zero-order valence-corrected chi connectivity index (χ0v) is 11.6. The molecule has 1 saturated heterocycles. The highest BCUT2D eigenvalue weighted by Gasteiger charge is 2.37. The summed E-state index contributed by atoms with van der Waals surface area (Å²) in [7, 11) is 3.09. The maximum atomic E-state index is 11.9. The Bertz CT molecular complexity index is 474. The third-order valence-electron chi connectivity index (χ3n) is 3.35. The van der Waals surface area contributed by atoms with Crippen molar-refractivity contribution in [2.24, 2.45) is 0 Å². The van der Waals surface area contributed by atoms with Gasteiger partial charge in [-0.2, -0.15) is 0 Å². The topological polar surface area (TPSA) is 74.7 Å². The van der Waals surface area contributed by atoms with Gasteiger partial charge in [0.25, 0.3) is 0 Å². The minimum atomic E-state index is -0.439. The first kappa shape index (κ1) is 14.5. The number of nitrogens with zero attached hydrogens (tertiary/aromatic N) is 1. The van der Waals surface area contributed by atoms with Crippen molar-refractivity contribution < 1.29 is 14.3 Å². The predicted molar refractivity (Wildman–Crippen MR) is 74.5 cm³/mol. The van der Waals surface area contributed by atoms with Crippen molar-refractivity contribution in [1.29, 1.82) is 5.41 Å². The summed E-state index contributed by atoms with van der Waals surface area (Å²) in [4.78, 5) is 13.6. The van der Waals surface area contributed by atoms with E-state index in [0.717, 1.165) is 5.56 Å². The van der Waals surface area contributed by atoms with E-state index in [1.807, 2.05) is 30.3 Å². The molecule has 1 fully saturated rings. The number of urea groups is 1. The second kappa shape index (κ2) is 6.49. The maximum Gasteiger partial charge on any atom is 0.323 e. The maximum absolute atomic E-state index is 11.9. The van der Waals surface area contributed by atoms with Crippen LogP contribution >= 0.6 is 0 Å². The number of ether oxygens (including phenoxy) is 2. The quantitative estimate of drug-likeness (QED) is 0.775. The molecule has 1 aliphatic rings.